The molecule has 146 valence electrons. The Hall–Kier alpha value is -3.58. The lowest BCUT2D eigenvalue weighted by molar-refractivity contribution is -0.384. The van der Waals surface area contributed by atoms with Crippen molar-refractivity contribution in [2.24, 2.45) is 4.40 Å². The van der Waals surface area contributed by atoms with Gasteiger partial charge in [-0.1, -0.05) is 60.7 Å². The molecule has 0 amide bonds. The van der Waals surface area contributed by atoms with Crippen LogP contribution in [0, 0.1) is 10.1 Å². The number of non-ortho nitro benzene ring substituents is 1. The summed E-state index contributed by atoms with van der Waals surface area (Å²) in [7, 11) is -4.06. The zero-order chi connectivity index (χ0) is 20.9. The van der Waals surface area contributed by atoms with E-state index in [9.17, 15) is 18.5 Å². The monoisotopic (exact) mass is 406 g/mol. The first-order chi connectivity index (χ1) is 13.9. The minimum atomic E-state index is -4.06. The van der Waals surface area contributed by atoms with E-state index in [-0.39, 0.29) is 16.3 Å². The molecule has 0 radical (unpaired) electrons. The molecule has 3 rings (SSSR count). The number of hydrogen-bond acceptors (Lipinski definition) is 4. The molecule has 3 aromatic carbocycles. The molecule has 0 saturated heterocycles. The van der Waals surface area contributed by atoms with E-state index in [2.05, 4.69) is 4.40 Å². The van der Waals surface area contributed by atoms with Gasteiger partial charge in [-0.3, -0.25) is 10.1 Å². The van der Waals surface area contributed by atoms with Crippen molar-refractivity contribution in [3.05, 3.63) is 112 Å². The zero-order valence-corrected chi connectivity index (χ0v) is 16.4. The van der Waals surface area contributed by atoms with E-state index in [0.29, 0.717) is 5.56 Å². The summed E-state index contributed by atoms with van der Waals surface area (Å²) in [5, 5.41) is 10.8. The van der Waals surface area contributed by atoms with Crippen LogP contribution >= 0.6 is 0 Å². The molecule has 0 bridgehead atoms. The van der Waals surface area contributed by atoms with Crippen LogP contribution in [0.5, 0.6) is 0 Å². The van der Waals surface area contributed by atoms with E-state index in [0.717, 1.165) is 23.3 Å². The number of nitro benzene ring substituents is 1. The lowest BCUT2D eigenvalue weighted by atomic mass is 10.0. The fraction of sp³-hybridized carbons (Fsp3) is 0.0455. The van der Waals surface area contributed by atoms with Gasteiger partial charge in [0.25, 0.3) is 15.7 Å². The highest BCUT2D eigenvalue weighted by Crippen LogP contribution is 2.20. The second-order valence-electron chi connectivity index (χ2n) is 6.26. The van der Waals surface area contributed by atoms with Crippen molar-refractivity contribution in [1.29, 1.82) is 0 Å². The van der Waals surface area contributed by atoms with Crippen LogP contribution in [-0.4, -0.2) is 19.1 Å². The van der Waals surface area contributed by atoms with Gasteiger partial charge in [0.1, 0.15) is 0 Å². The van der Waals surface area contributed by atoms with Gasteiger partial charge in [-0.15, -0.1) is 0 Å². The third-order valence-corrected chi connectivity index (χ3v) is 5.52. The maximum atomic E-state index is 12.8. The maximum Gasteiger partial charge on any atom is 0.282 e. The quantitative estimate of drug-likeness (QED) is 0.332. The van der Waals surface area contributed by atoms with Crippen molar-refractivity contribution in [3.8, 4) is 0 Å². The topological polar surface area (TPSA) is 89.6 Å². The maximum absolute atomic E-state index is 12.8. The predicted molar refractivity (Wildman–Crippen MR) is 113 cm³/mol. The van der Waals surface area contributed by atoms with Crippen molar-refractivity contribution in [3.63, 3.8) is 0 Å². The number of benzene rings is 3. The molecule has 0 unspecified atom stereocenters. The van der Waals surface area contributed by atoms with Crippen molar-refractivity contribution < 1.29 is 13.3 Å². The van der Waals surface area contributed by atoms with Gasteiger partial charge in [0.2, 0.25) is 0 Å². The average Bonchev–Trinajstić information content (AvgIpc) is 2.74. The molecule has 3 aromatic rings. The Bertz CT molecular complexity index is 1170. The molecule has 0 aliphatic rings. The SMILES string of the molecule is C/C(=C\C(=NS(=O)(=O)c1ccc([N+](=O)[O-])cc1)c1ccccc1)c1ccccc1. The summed E-state index contributed by atoms with van der Waals surface area (Å²) in [5.41, 5.74) is 2.55. The molecule has 0 fully saturated rings. The number of hydrogen-bond donors (Lipinski definition) is 0. The van der Waals surface area contributed by atoms with Gasteiger partial charge in [-0.2, -0.15) is 12.8 Å². The van der Waals surface area contributed by atoms with Gasteiger partial charge in [-0.25, -0.2) is 0 Å². The highest BCUT2D eigenvalue weighted by Gasteiger charge is 2.16. The predicted octanol–water partition coefficient (Wildman–Crippen LogP) is 4.88. The molecule has 0 spiro atoms. The van der Waals surface area contributed by atoms with Crippen molar-refractivity contribution in [2.45, 2.75) is 11.8 Å². The first-order valence-corrected chi connectivity index (χ1v) is 10.2. The summed E-state index contributed by atoms with van der Waals surface area (Å²) >= 11 is 0. The molecule has 29 heavy (non-hydrogen) atoms. The van der Waals surface area contributed by atoms with Crippen LogP contribution in [0.4, 0.5) is 5.69 Å². The lowest BCUT2D eigenvalue weighted by Crippen LogP contribution is -2.05. The smallest absolute Gasteiger partial charge is 0.258 e. The number of nitro groups is 1. The van der Waals surface area contributed by atoms with Crippen molar-refractivity contribution >= 4 is 27.0 Å². The Morgan fingerprint density at radius 3 is 1.90 bits per heavy atom. The minimum Gasteiger partial charge on any atom is -0.258 e. The van der Waals surface area contributed by atoms with Crippen LogP contribution in [0.15, 0.2) is 100 Å². The highest BCUT2D eigenvalue weighted by atomic mass is 32.2. The number of nitrogens with zero attached hydrogens (tertiary/aromatic N) is 2. The molecule has 0 saturated carbocycles. The first kappa shape index (κ1) is 20.2. The third kappa shape index (κ3) is 5.03. The summed E-state index contributed by atoms with van der Waals surface area (Å²) in [6.07, 6.45) is 1.72. The van der Waals surface area contributed by atoms with E-state index in [1.54, 1.807) is 30.3 Å². The van der Waals surface area contributed by atoms with E-state index in [1.165, 1.54) is 12.1 Å². The van der Waals surface area contributed by atoms with Crippen LogP contribution in [0.2, 0.25) is 0 Å². The zero-order valence-electron chi connectivity index (χ0n) is 15.6. The molecule has 0 heterocycles. The summed E-state index contributed by atoms with van der Waals surface area (Å²) in [6.45, 7) is 1.88. The molecule has 7 heteroatoms. The van der Waals surface area contributed by atoms with E-state index in [1.807, 2.05) is 43.3 Å². The van der Waals surface area contributed by atoms with Crippen LogP contribution in [-0.2, 0) is 10.0 Å². The molecule has 0 aliphatic heterocycles. The number of rotatable bonds is 6. The van der Waals surface area contributed by atoms with Crippen molar-refractivity contribution in [1.82, 2.24) is 0 Å². The fourth-order valence-corrected chi connectivity index (χ4v) is 3.69. The van der Waals surface area contributed by atoms with Gasteiger partial charge < -0.3 is 0 Å². The lowest BCUT2D eigenvalue weighted by Gasteiger charge is -2.07. The molecule has 0 N–H and O–H groups in total. The third-order valence-electron chi connectivity index (χ3n) is 4.22. The first-order valence-electron chi connectivity index (χ1n) is 8.75. The molecule has 0 aromatic heterocycles. The molecular weight excluding hydrogens is 388 g/mol. The van der Waals surface area contributed by atoms with Gasteiger partial charge in [0.15, 0.2) is 0 Å². The summed E-state index contributed by atoms with van der Waals surface area (Å²) in [6, 6.07) is 23.2. The van der Waals surface area contributed by atoms with Crippen LogP contribution in [0.1, 0.15) is 18.1 Å². The van der Waals surface area contributed by atoms with Crippen LogP contribution in [0.3, 0.4) is 0 Å². The van der Waals surface area contributed by atoms with Crippen LogP contribution < -0.4 is 0 Å². The van der Waals surface area contributed by atoms with E-state index >= 15 is 0 Å². The van der Waals surface area contributed by atoms with Gasteiger partial charge >= 0.3 is 0 Å². The molecule has 6 nitrogen and oxygen atoms in total. The fourth-order valence-electron chi connectivity index (χ4n) is 2.68. The minimum absolute atomic E-state index is 0.109. The summed E-state index contributed by atoms with van der Waals surface area (Å²) < 4.78 is 29.7. The molecule has 0 atom stereocenters. The Morgan fingerprint density at radius 1 is 0.862 bits per heavy atom. The second-order valence-corrected chi connectivity index (χ2v) is 7.87. The molecular formula is C22H18N2O4S. The Labute approximate surface area is 169 Å². The highest BCUT2D eigenvalue weighted by molar-refractivity contribution is 7.90. The standard InChI is InChI=1S/C22H18N2O4S/c1-17(18-8-4-2-5-9-18)16-22(19-10-6-3-7-11-19)23-29(27,28)21-14-12-20(13-15-21)24(25)26/h2-16H,1H3/b17-16+,23-22?. The Kier molecular flexibility index (Phi) is 5.99. The van der Waals surface area contributed by atoms with Crippen molar-refractivity contribution in [2.75, 3.05) is 0 Å². The van der Waals surface area contributed by atoms with Gasteiger partial charge in [0.05, 0.1) is 15.5 Å². The average molecular weight is 406 g/mol. The second kappa shape index (κ2) is 8.62. The summed E-state index contributed by atoms with van der Waals surface area (Å²) in [4.78, 5) is 10.1. The Morgan fingerprint density at radius 2 is 1.38 bits per heavy atom. The largest absolute Gasteiger partial charge is 0.282 e. The molecule has 0 aliphatic carbocycles. The number of allylic oxidation sites excluding steroid dienone is 2. The number of sulfonamides is 1. The Balaban J connectivity index is 2.08. The van der Waals surface area contributed by atoms with Gasteiger partial charge in [0, 0.05) is 17.7 Å². The van der Waals surface area contributed by atoms with Gasteiger partial charge in [-0.05, 0) is 36.3 Å². The summed E-state index contributed by atoms with van der Waals surface area (Å²) in [5.74, 6) is 0. The van der Waals surface area contributed by atoms with E-state index < -0.39 is 14.9 Å². The van der Waals surface area contributed by atoms with E-state index in [4.69, 9.17) is 0 Å². The normalized spacial score (nSPS) is 12.6. The van der Waals surface area contributed by atoms with Crippen LogP contribution in [0.25, 0.3) is 5.57 Å².